The van der Waals surface area contributed by atoms with Gasteiger partial charge < -0.3 is 14.5 Å². The quantitative estimate of drug-likeness (QED) is 0.722. The van der Waals surface area contributed by atoms with Crippen molar-refractivity contribution in [1.82, 2.24) is 14.7 Å². The predicted octanol–water partition coefficient (Wildman–Crippen LogP) is 3.25. The second kappa shape index (κ2) is 9.75. The number of hydrogen-bond acceptors (Lipinski definition) is 4. The third kappa shape index (κ3) is 5.06. The van der Waals surface area contributed by atoms with Crippen molar-refractivity contribution in [1.29, 1.82) is 0 Å². The van der Waals surface area contributed by atoms with E-state index < -0.39 is 0 Å². The van der Waals surface area contributed by atoms with Crippen LogP contribution in [0.25, 0.3) is 0 Å². The van der Waals surface area contributed by atoms with Gasteiger partial charge in [0.1, 0.15) is 12.4 Å². The molecule has 1 unspecified atom stereocenters. The molecule has 3 aliphatic heterocycles. The van der Waals surface area contributed by atoms with Crippen LogP contribution in [0.2, 0.25) is 0 Å². The van der Waals surface area contributed by atoms with Crippen LogP contribution in [0.1, 0.15) is 55.3 Å². The molecule has 5 nitrogen and oxygen atoms in total. The molecule has 154 valence electrons. The summed E-state index contributed by atoms with van der Waals surface area (Å²) in [6, 6.07) is 8.16. The standard InChI is InChI=1S/C23H35N3O2/c27-23(26-16-6-7-21(26)19-25-14-4-5-15-25)20-8-10-22(11-9-20)28-18-17-24-12-2-1-3-13-24/h8-11,21H,1-7,12-19H2. The molecule has 5 heteroatoms. The summed E-state index contributed by atoms with van der Waals surface area (Å²) in [7, 11) is 0. The van der Waals surface area contributed by atoms with Crippen LogP contribution in [-0.2, 0) is 0 Å². The lowest BCUT2D eigenvalue weighted by molar-refractivity contribution is 0.0708. The molecule has 1 aromatic rings. The van der Waals surface area contributed by atoms with Gasteiger partial charge in [-0.05, 0) is 89.0 Å². The molecule has 0 radical (unpaired) electrons. The molecule has 28 heavy (non-hydrogen) atoms. The molecule has 1 amide bonds. The lowest BCUT2D eigenvalue weighted by Gasteiger charge is -2.28. The van der Waals surface area contributed by atoms with Crippen LogP contribution in [0, 0.1) is 0 Å². The molecule has 1 atom stereocenters. The number of benzene rings is 1. The van der Waals surface area contributed by atoms with Crippen LogP contribution in [0.5, 0.6) is 5.75 Å². The molecule has 0 saturated carbocycles. The fourth-order valence-corrected chi connectivity index (χ4v) is 4.89. The number of carbonyl (C=O) groups excluding carboxylic acids is 1. The number of piperidine rings is 1. The first kappa shape index (κ1) is 19.7. The highest BCUT2D eigenvalue weighted by molar-refractivity contribution is 5.94. The van der Waals surface area contributed by atoms with Crippen LogP contribution in [0.3, 0.4) is 0 Å². The SMILES string of the molecule is O=C(c1ccc(OCCN2CCCCC2)cc1)N1CCCC1CN1CCCC1. The molecule has 1 aromatic carbocycles. The number of nitrogens with zero attached hydrogens (tertiary/aromatic N) is 3. The lowest BCUT2D eigenvalue weighted by Crippen LogP contribution is -2.42. The topological polar surface area (TPSA) is 36.0 Å². The van der Waals surface area contributed by atoms with E-state index >= 15 is 0 Å². The van der Waals surface area contributed by atoms with Gasteiger partial charge in [-0.25, -0.2) is 0 Å². The van der Waals surface area contributed by atoms with E-state index in [9.17, 15) is 4.79 Å². The fourth-order valence-electron chi connectivity index (χ4n) is 4.89. The number of rotatable bonds is 7. The van der Waals surface area contributed by atoms with Crippen LogP contribution in [0.4, 0.5) is 0 Å². The highest BCUT2D eigenvalue weighted by Gasteiger charge is 2.31. The number of carbonyl (C=O) groups is 1. The van der Waals surface area contributed by atoms with Crippen LogP contribution < -0.4 is 4.74 Å². The average molecular weight is 386 g/mol. The predicted molar refractivity (Wildman–Crippen MR) is 112 cm³/mol. The fraction of sp³-hybridized carbons (Fsp3) is 0.696. The number of hydrogen-bond donors (Lipinski definition) is 0. The zero-order chi connectivity index (χ0) is 19.2. The smallest absolute Gasteiger partial charge is 0.254 e. The zero-order valence-corrected chi connectivity index (χ0v) is 17.2. The second-order valence-electron chi connectivity index (χ2n) is 8.58. The van der Waals surface area contributed by atoms with Gasteiger partial charge in [0.05, 0.1) is 0 Å². The molecule has 3 heterocycles. The van der Waals surface area contributed by atoms with Crippen molar-refractivity contribution in [3.63, 3.8) is 0 Å². The number of likely N-dealkylation sites (tertiary alicyclic amines) is 3. The maximum Gasteiger partial charge on any atom is 0.254 e. The van der Waals surface area contributed by atoms with Gasteiger partial charge in [0.15, 0.2) is 0 Å². The van der Waals surface area contributed by atoms with Crippen molar-refractivity contribution in [2.75, 3.05) is 52.4 Å². The highest BCUT2D eigenvalue weighted by Crippen LogP contribution is 2.23. The van der Waals surface area contributed by atoms with E-state index in [1.165, 1.54) is 58.3 Å². The monoisotopic (exact) mass is 385 g/mol. The van der Waals surface area contributed by atoms with Crippen LogP contribution in [-0.4, -0.2) is 79.1 Å². The van der Waals surface area contributed by atoms with E-state index in [1.807, 2.05) is 24.3 Å². The van der Waals surface area contributed by atoms with E-state index in [0.29, 0.717) is 6.04 Å². The first-order valence-electron chi connectivity index (χ1n) is 11.3. The Labute approximate surface area is 169 Å². The molecule has 0 spiro atoms. The normalized spacial score (nSPS) is 24.0. The molecular weight excluding hydrogens is 350 g/mol. The van der Waals surface area contributed by atoms with Gasteiger partial charge in [0.25, 0.3) is 5.91 Å². The van der Waals surface area contributed by atoms with E-state index in [2.05, 4.69) is 14.7 Å². The van der Waals surface area contributed by atoms with Crippen molar-refractivity contribution >= 4 is 5.91 Å². The first-order chi connectivity index (χ1) is 13.8. The van der Waals surface area contributed by atoms with Crippen molar-refractivity contribution in [2.24, 2.45) is 0 Å². The number of ether oxygens (including phenoxy) is 1. The Morgan fingerprint density at radius 3 is 2.29 bits per heavy atom. The molecule has 0 N–H and O–H groups in total. The van der Waals surface area contributed by atoms with Gasteiger partial charge in [-0.2, -0.15) is 0 Å². The molecule has 3 aliphatic rings. The second-order valence-corrected chi connectivity index (χ2v) is 8.58. The molecule has 3 saturated heterocycles. The van der Waals surface area contributed by atoms with Crippen LogP contribution >= 0.6 is 0 Å². The van der Waals surface area contributed by atoms with Gasteiger partial charge in [-0.1, -0.05) is 6.42 Å². The third-order valence-electron chi connectivity index (χ3n) is 6.53. The van der Waals surface area contributed by atoms with Gasteiger partial charge >= 0.3 is 0 Å². The Kier molecular flexibility index (Phi) is 6.86. The van der Waals surface area contributed by atoms with Crippen molar-refractivity contribution in [3.8, 4) is 5.75 Å². The first-order valence-corrected chi connectivity index (χ1v) is 11.3. The summed E-state index contributed by atoms with van der Waals surface area (Å²) in [5, 5.41) is 0. The van der Waals surface area contributed by atoms with Gasteiger partial charge in [0, 0.05) is 31.2 Å². The molecular formula is C23H35N3O2. The Balaban J connectivity index is 1.27. The lowest BCUT2D eigenvalue weighted by atomic mass is 10.1. The third-order valence-corrected chi connectivity index (χ3v) is 6.53. The Bertz CT molecular complexity index is 621. The highest BCUT2D eigenvalue weighted by atomic mass is 16.5. The minimum absolute atomic E-state index is 0.182. The minimum atomic E-state index is 0.182. The Hall–Kier alpha value is -1.59. The van der Waals surface area contributed by atoms with Crippen molar-refractivity contribution < 1.29 is 9.53 Å². The Morgan fingerprint density at radius 2 is 1.54 bits per heavy atom. The van der Waals surface area contributed by atoms with Gasteiger partial charge in [-0.15, -0.1) is 0 Å². The summed E-state index contributed by atoms with van der Waals surface area (Å²) in [5.41, 5.74) is 0.789. The van der Waals surface area contributed by atoms with E-state index in [0.717, 1.165) is 50.4 Å². The van der Waals surface area contributed by atoms with Crippen LogP contribution in [0.15, 0.2) is 24.3 Å². The van der Waals surface area contributed by atoms with Gasteiger partial charge in [-0.3, -0.25) is 9.69 Å². The van der Waals surface area contributed by atoms with E-state index in [-0.39, 0.29) is 5.91 Å². The summed E-state index contributed by atoms with van der Waals surface area (Å²) in [5.74, 6) is 1.05. The Morgan fingerprint density at radius 1 is 0.857 bits per heavy atom. The minimum Gasteiger partial charge on any atom is -0.492 e. The van der Waals surface area contributed by atoms with E-state index in [4.69, 9.17) is 4.74 Å². The average Bonchev–Trinajstić information content (AvgIpc) is 3.41. The summed E-state index contributed by atoms with van der Waals surface area (Å²) < 4.78 is 5.91. The molecule has 0 aromatic heterocycles. The summed E-state index contributed by atoms with van der Waals surface area (Å²) in [4.78, 5) is 20.1. The maximum atomic E-state index is 13.0. The van der Waals surface area contributed by atoms with Gasteiger partial charge in [0.2, 0.25) is 0 Å². The molecule has 0 aliphatic carbocycles. The summed E-state index contributed by atoms with van der Waals surface area (Å²) in [6.07, 6.45) is 8.86. The molecule has 4 rings (SSSR count). The van der Waals surface area contributed by atoms with Crippen molar-refractivity contribution in [2.45, 2.75) is 51.0 Å². The molecule has 0 bridgehead atoms. The van der Waals surface area contributed by atoms with E-state index in [1.54, 1.807) is 0 Å². The van der Waals surface area contributed by atoms with Crippen molar-refractivity contribution in [3.05, 3.63) is 29.8 Å². The zero-order valence-electron chi connectivity index (χ0n) is 17.2. The number of amides is 1. The summed E-state index contributed by atoms with van der Waals surface area (Å²) in [6.45, 7) is 8.44. The summed E-state index contributed by atoms with van der Waals surface area (Å²) >= 11 is 0. The largest absolute Gasteiger partial charge is 0.492 e. The maximum absolute atomic E-state index is 13.0. The molecule has 3 fully saturated rings.